The number of carbonyl (C=O) groups excluding carboxylic acids is 2. The van der Waals surface area contributed by atoms with Gasteiger partial charge in [0.2, 0.25) is 11.8 Å². The highest BCUT2D eigenvalue weighted by Crippen LogP contribution is 2.24. The Morgan fingerprint density at radius 2 is 1.63 bits per heavy atom. The number of fused-ring (bicyclic) bond motifs is 1. The summed E-state index contributed by atoms with van der Waals surface area (Å²) in [6.45, 7) is 8.36. The second kappa shape index (κ2) is 11.1. The van der Waals surface area contributed by atoms with E-state index >= 15 is 0 Å². The Balaban J connectivity index is 2.23. The summed E-state index contributed by atoms with van der Waals surface area (Å²) in [4.78, 5) is 28.7. The monoisotopic (exact) mass is 373 g/mol. The molecule has 0 aliphatic carbocycles. The van der Waals surface area contributed by atoms with Crippen LogP contribution in [0.5, 0.6) is 0 Å². The van der Waals surface area contributed by atoms with E-state index in [-0.39, 0.29) is 17.9 Å². The third kappa shape index (κ3) is 7.33. The molecule has 0 saturated heterocycles. The number of para-hydroxylation sites is 1. The molecule has 0 spiro atoms. The van der Waals surface area contributed by atoms with Crippen molar-refractivity contribution in [2.75, 3.05) is 24.5 Å². The van der Waals surface area contributed by atoms with Crippen molar-refractivity contribution in [3.05, 3.63) is 29.8 Å². The fourth-order valence-electron chi connectivity index (χ4n) is 3.69. The predicted octanol–water partition coefficient (Wildman–Crippen LogP) is 3.72. The van der Waals surface area contributed by atoms with Crippen LogP contribution in [0.4, 0.5) is 5.69 Å². The summed E-state index contributed by atoms with van der Waals surface area (Å²) < 4.78 is 0. The van der Waals surface area contributed by atoms with Gasteiger partial charge in [-0.3, -0.25) is 14.5 Å². The number of anilines is 1. The summed E-state index contributed by atoms with van der Waals surface area (Å²) in [5.41, 5.74) is 2.10. The summed E-state index contributed by atoms with van der Waals surface area (Å²) in [7, 11) is 0. The van der Waals surface area contributed by atoms with E-state index in [0.717, 1.165) is 43.6 Å². The fraction of sp³-hybridized carbons (Fsp3) is 0.636. The van der Waals surface area contributed by atoms with Gasteiger partial charge in [-0.1, -0.05) is 43.9 Å². The first kappa shape index (κ1) is 21.4. The van der Waals surface area contributed by atoms with Gasteiger partial charge < -0.3 is 10.2 Å². The maximum Gasteiger partial charge on any atom is 0.234 e. The van der Waals surface area contributed by atoms with Crippen molar-refractivity contribution >= 4 is 17.5 Å². The van der Waals surface area contributed by atoms with Crippen molar-refractivity contribution in [1.29, 1.82) is 0 Å². The Morgan fingerprint density at radius 1 is 1.00 bits per heavy atom. The van der Waals surface area contributed by atoms with Crippen molar-refractivity contribution in [3.63, 3.8) is 0 Å². The number of amides is 2. The summed E-state index contributed by atoms with van der Waals surface area (Å²) >= 11 is 0. The molecule has 1 aromatic rings. The van der Waals surface area contributed by atoms with Crippen LogP contribution in [0.1, 0.15) is 64.9 Å². The topological polar surface area (TPSA) is 52.7 Å². The molecule has 5 nitrogen and oxygen atoms in total. The highest BCUT2D eigenvalue weighted by atomic mass is 16.2. The van der Waals surface area contributed by atoms with Crippen molar-refractivity contribution in [3.8, 4) is 0 Å². The highest BCUT2D eigenvalue weighted by molar-refractivity contribution is 5.92. The van der Waals surface area contributed by atoms with Gasteiger partial charge in [0.25, 0.3) is 0 Å². The van der Waals surface area contributed by atoms with E-state index in [0.29, 0.717) is 13.1 Å². The number of hydrogen-bond donors (Lipinski definition) is 1. The third-order valence-electron chi connectivity index (χ3n) is 4.98. The SMILES string of the molecule is CC(=O)N1CCCCCCCCN(CC(=O)NC(C)C)Cc2ccccc21. The molecular weight excluding hydrogens is 338 g/mol. The van der Waals surface area contributed by atoms with Gasteiger partial charge in [0, 0.05) is 31.7 Å². The molecule has 1 aliphatic heterocycles. The molecule has 0 bridgehead atoms. The minimum Gasteiger partial charge on any atom is -0.353 e. The van der Waals surface area contributed by atoms with Gasteiger partial charge >= 0.3 is 0 Å². The van der Waals surface area contributed by atoms with E-state index < -0.39 is 0 Å². The van der Waals surface area contributed by atoms with Crippen LogP contribution in [0.15, 0.2) is 24.3 Å². The first-order valence-corrected chi connectivity index (χ1v) is 10.3. The molecule has 1 aromatic carbocycles. The maximum absolute atomic E-state index is 12.3. The van der Waals surface area contributed by atoms with E-state index in [4.69, 9.17) is 0 Å². The van der Waals surface area contributed by atoms with Crippen LogP contribution in [0.3, 0.4) is 0 Å². The number of hydrogen-bond acceptors (Lipinski definition) is 3. The standard InChI is InChI=1S/C22H35N3O2/c1-18(2)23-22(27)17-24-14-10-6-4-5-7-11-15-25(19(3)26)21-13-9-8-12-20(21)16-24/h8-9,12-13,18H,4-7,10-11,14-17H2,1-3H3,(H,23,27). The predicted molar refractivity (Wildman–Crippen MR) is 111 cm³/mol. The Bertz CT molecular complexity index is 615. The second-order valence-corrected chi connectivity index (χ2v) is 7.85. The Hall–Kier alpha value is -1.88. The van der Waals surface area contributed by atoms with Crippen LogP contribution in [0.2, 0.25) is 0 Å². The molecule has 0 atom stereocenters. The number of carbonyl (C=O) groups is 2. The normalized spacial score (nSPS) is 17.4. The van der Waals surface area contributed by atoms with Gasteiger partial charge in [-0.15, -0.1) is 0 Å². The first-order chi connectivity index (χ1) is 13.0. The number of nitrogens with one attached hydrogen (secondary N) is 1. The molecule has 5 heteroatoms. The molecule has 2 amide bonds. The molecule has 0 unspecified atom stereocenters. The van der Waals surface area contributed by atoms with Gasteiger partial charge in [0.1, 0.15) is 0 Å². The summed E-state index contributed by atoms with van der Waals surface area (Å²) in [6.07, 6.45) is 6.93. The Labute approximate surface area is 164 Å². The molecule has 0 radical (unpaired) electrons. The van der Waals surface area contributed by atoms with Crippen LogP contribution in [-0.2, 0) is 16.1 Å². The van der Waals surface area contributed by atoms with Crippen molar-refractivity contribution < 1.29 is 9.59 Å². The zero-order valence-corrected chi connectivity index (χ0v) is 17.2. The zero-order valence-electron chi connectivity index (χ0n) is 17.2. The summed E-state index contributed by atoms with van der Waals surface area (Å²) in [5.74, 6) is 0.150. The molecule has 150 valence electrons. The molecule has 27 heavy (non-hydrogen) atoms. The molecule has 2 rings (SSSR count). The highest BCUT2D eigenvalue weighted by Gasteiger charge is 2.18. The van der Waals surface area contributed by atoms with Gasteiger partial charge in [0.15, 0.2) is 0 Å². The van der Waals surface area contributed by atoms with Gasteiger partial charge in [0.05, 0.1) is 6.54 Å². The van der Waals surface area contributed by atoms with E-state index in [1.165, 1.54) is 19.3 Å². The molecular formula is C22H35N3O2. The lowest BCUT2D eigenvalue weighted by atomic mass is 10.1. The molecule has 0 aromatic heterocycles. The van der Waals surface area contributed by atoms with Gasteiger partial charge in [-0.05, 0) is 44.9 Å². The molecule has 0 fully saturated rings. The molecule has 0 saturated carbocycles. The van der Waals surface area contributed by atoms with Crippen LogP contribution < -0.4 is 10.2 Å². The maximum atomic E-state index is 12.3. The van der Waals surface area contributed by atoms with Crippen molar-refractivity contribution in [2.24, 2.45) is 0 Å². The lowest BCUT2D eigenvalue weighted by molar-refractivity contribution is -0.123. The average molecular weight is 374 g/mol. The zero-order chi connectivity index (χ0) is 19.6. The van der Waals surface area contributed by atoms with Crippen LogP contribution in [0, 0.1) is 0 Å². The number of nitrogens with zero attached hydrogens (tertiary/aromatic N) is 2. The smallest absolute Gasteiger partial charge is 0.234 e. The molecule has 1 N–H and O–H groups in total. The summed E-state index contributed by atoms with van der Waals surface area (Å²) in [5, 5.41) is 2.99. The lowest BCUT2D eigenvalue weighted by Gasteiger charge is -2.27. The van der Waals surface area contributed by atoms with Gasteiger partial charge in [-0.2, -0.15) is 0 Å². The van der Waals surface area contributed by atoms with Gasteiger partial charge in [-0.25, -0.2) is 0 Å². The average Bonchev–Trinajstić information content (AvgIpc) is 2.61. The van der Waals surface area contributed by atoms with E-state index in [1.54, 1.807) is 6.92 Å². The van der Waals surface area contributed by atoms with Crippen LogP contribution in [0.25, 0.3) is 0 Å². The molecule has 1 aliphatic rings. The third-order valence-corrected chi connectivity index (χ3v) is 4.98. The quantitative estimate of drug-likeness (QED) is 0.878. The summed E-state index contributed by atoms with van der Waals surface area (Å²) in [6, 6.07) is 8.26. The van der Waals surface area contributed by atoms with Crippen LogP contribution in [-0.4, -0.2) is 42.4 Å². The first-order valence-electron chi connectivity index (χ1n) is 10.3. The minimum atomic E-state index is 0.0650. The fourth-order valence-corrected chi connectivity index (χ4v) is 3.69. The largest absolute Gasteiger partial charge is 0.353 e. The lowest BCUT2D eigenvalue weighted by Crippen LogP contribution is -2.40. The van der Waals surface area contributed by atoms with E-state index in [1.807, 2.05) is 36.9 Å². The Kier molecular flexibility index (Phi) is 8.79. The van der Waals surface area contributed by atoms with Crippen molar-refractivity contribution in [2.45, 2.75) is 71.9 Å². The minimum absolute atomic E-state index is 0.0650. The number of benzene rings is 1. The van der Waals surface area contributed by atoms with E-state index in [2.05, 4.69) is 16.3 Å². The number of rotatable bonds is 3. The second-order valence-electron chi connectivity index (χ2n) is 7.85. The van der Waals surface area contributed by atoms with Crippen LogP contribution >= 0.6 is 0 Å². The van der Waals surface area contributed by atoms with E-state index in [9.17, 15) is 9.59 Å². The van der Waals surface area contributed by atoms with Crippen molar-refractivity contribution in [1.82, 2.24) is 10.2 Å². The molecule has 1 heterocycles. The Morgan fingerprint density at radius 3 is 2.30 bits per heavy atom.